The van der Waals surface area contributed by atoms with Crippen LogP contribution in [-0.2, 0) is 11.3 Å². The molecule has 0 aromatic heterocycles. The lowest BCUT2D eigenvalue weighted by molar-refractivity contribution is -0.115. The Labute approximate surface area is 101 Å². The topological polar surface area (TPSA) is 55.1 Å². The van der Waals surface area contributed by atoms with Gasteiger partial charge in [0.1, 0.15) is 0 Å². The predicted molar refractivity (Wildman–Crippen MR) is 68.3 cm³/mol. The molecular formula is C12H18N2OS. The van der Waals surface area contributed by atoms with Crippen LogP contribution in [0.25, 0.3) is 0 Å². The minimum absolute atomic E-state index is 0.282. The highest BCUT2D eigenvalue weighted by molar-refractivity contribution is 8.00. The van der Waals surface area contributed by atoms with Gasteiger partial charge in [-0.25, -0.2) is 0 Å². The van der Waals surface area contributed by atoms with Crippen molar-refractivity contribution in [3.8, 4) is 0 Å². The van der Waals surface area contributed by atoms with E-state index in [1.54, 1.807) is 0 Å². The number of nitrogens with two attached hydrogens (primary N) is 1. The van der Waals surface area contributed by atoms with Crippen LogP contribution in [0.4, 0.5) is 0 Å². The van der Waals surface area contributed by atoms with E-state index in [1.165, 1.54) is 17.3 Å². The molecule has 0 bridgehead atoms. The zero-order valence-corrected chi connectivity index (χ0v) is 10.5. The number of nitrogens with one attached hydrogen (secondary N) is 1. The van der Waals surface area contributed by atoms with E-state index in [0.717, 1.165) is 11.4 Å². The number of rotatable bonds is 6. The van der Waals surface area contributed by atoms with Crippen molar-refractivity contribution in [2.24, 2.45) is 5.73 Å². The maximum absolute atomic E-state index is 10.6. The third-order valence-corrected chi connectivity index (χ3v) is 3.05. The lowest BCUT2D eigenvalue weighted by Crippen LogP contribution is -2.21. The first-order chi connectivity index (χ1) is 7.58. The van der Waals surface area contributed by atoms with Gasteiger partial charge < -0.3 is 11.1 Å². The van der Waals surface area contributed by atoms with Gasteiger partial charge in [0.2, 0.25) is 5.91 Å². The van der Waals surface area contributed by atoms with Crippen molar-refractivity contribution in [3.05, 3.63) is 29.8 Å². The van der Waals surface area contributed by atoms with Crippen LogP contribution in [0.3, 0.4) is 0 Å². The lowest BCUT2D eigenvalue weighted by atomic mass is 10.2. The van der Waals surface area contributed by atoms with Crippen molar-refractivity contribution < 1.29 is 4.79 Å². The highest BCUT2D eigenvalue weighted by Crippen LogP contribution is 2.17. The molecule has 0 saturated heterocycles. The SMILES string of the molecule is CC(C)NCc1ccc(SCC(N)=O)cc1. The standard InChI is InChI=1S/C12H18N2OS/c1-9(2)14-7-10-3-5-11(6-4-10)16-8-12(13)15/h3-6,9,14H,7-8H2,1-2H3,(H2,13,15). The van der Waals surface area contributed by atoms with Crippen LogP contribution in [0.1, 0.15) is 19.4 Å². The third kappa shape index (κ3) is 5.19. The lowest BCUT2D eigenvalue weighted by Gasteiger charge is -2.08. The quantitative estimate of drug-likeness (QED) is 0.743. The zero-order valence-electron chi connectivity index (χ0n) is 9.69. The molecule has 0 heterocycles. The Morgan fingerprint density at radius 1 is 1.38 bits per heavy atom. The summed E-state index contributed by atoms with van der Waals surface area (Å²) in [7, 11) is 0. The molecule has 0 aliphatic rings. The fourth-order valence-corrected chi connectivity index (χ4v) is 1.82. The van der Waals surface area contributed by atoms with Crippen LogP contribution < -0.4 is 11.1 Å². The van der Waals surface area contributed by atoms with Crippen molar-refractivity contribution >= 4 is 17.7 Å². The van der Waals surface area contributed by atoms with Crippen molar-refractivity contribution in [1.82, 2.24) is 5.32 Å². The van der Waals surface area contributed by atoms with Gasteiger partial charge in [0.05, 0.1) is 5.75 Å². The van der Waals surface area contributed by atoms with Gasteiger partial charge >= 0.3 is 0 Å². The molecule has 1 aromatic carbocycles. The summed E-state index contributed by atoms with van der Waals surface area (Å²) in [5, 5.41) is 3.35. The second kappa shape index (κ2) is 6.55. The monoisotopic (exact) mass is 238 g/mol. The van der Waals surface area contributed by atoms with Gasteiger partial charge in [-0.05, 0) is 17.7 Å². The summed E-state index contributed by atoms with van der Waals surface area (Å²) < 4.78 is 0. The van der Waals surface area contributed by atoms with Crippen molar-refractivity contribution in [2.75, 3.05) is 5.75 Å². The Morgan fingerprint density at radius 2 is 2.00 bits per heavy atom. The Bertz CT molecular complexity index is 335. The largest absolute Gasteiger partial charge is 0.369 e. The van der Waals surface area contributed by atoms with Crippen LogP contribution in [0.15, 0.2) is 29.2 Å². The van der Waals surface area contributed by atoms with Crippen LogP contribution in [0, 0.1) is 0 Å². The molecule has 1 aromatic rings. The fraction of sp³-hybridized carbons (Fsp3) is 0.417. The van der Waals surface area contributed by atoms with Crippen LogP contribution in [-0.4, -0.2) is 17.7 Å². The van der Waals surface area contributed by atoms with E-state index in [9.17, 15) is 4.79 Å². The summed E-state index contributed by atoms with van der Waals surface area (Å²) >= 11 is 1.47. The van der Waals surface area contributed by atoms with Gasteiger partial charge in [-0.15, -0.1) is 11.8 Å². The molecule has 4 heteroatoms. The molecule has 0 aliphatic carbocycles. The smallest absolute Gasteiger partial charge is 0.227 e. The Morgan fingerprint density at radius 3 is 2.50 bits per heavy atom. The average Bonchev–Trinajstić information content (AvgIpc) is 2.25. The number of benzene rings is 1. The normalized spacial score (nSPS) is 10.7. The van der Waals surface area contributed by atoms with Crippen molar-refractivity contribution in [3.63, 3.8) is 0 Å². The number of amides is 1. The van der Waals surface area contributed by atoms with Crippen molar-refractivity contribution in [1.29, 1.82) is 0 Å². The second-order valence-electron chi connectivity index (χ2n) is 3.93. The van der Waals surface area contributed by atoms with Gasteiger partial charge in [-0.1, -0.05) is 26.0 Å². The van der Waals surface area contributed by atoms with E-state index >= 15 is 0 Å². The third-order valence-electron chi connectivity index (χ3n) is 2.02. The summed E-state index contributed by atoms with van der Waals surface area (Å²) in [6, 6.07) is 8.66. The molecular weight excluding hydrogens is 220 g/mol. The molecule has 1 rings (SSSR count). The molecule has 0 fully saturated rings. The second-order valence-corrected chi connectivity index (χ2v) is 4.98. The molecule has 0 saturated carbocycles. The summed E-state index contributed by atoms with van der Waals surface area (Å²) in [5.41, 5.74) is 6.33. The first kappa shape index (κ1) is 13.1. The van der Waals surface area contributed by atoms with Crippen LogP contribution in [0.5, 0.6) is 0 Å². The maximum Gasteiger partial charge on any atom is 0.227 e. The average molecular weight is 238 g/mol. The fourth-order valence-electron chi connectivity index (χ4n) is 1.18. The summed E-state index contributed by atoms with van der Waals surface area (Å²) in [6.07, 6.45) is 0. The van der Waals surface area contributed by atoms with E-state index in [1.807, 2.05) is 12.1 Å². The zero-order chi connectivity index (χ0) is 12.0. The summed E-state index contributed by atoms with van der Waals surface area (Å²) in [6.45, 7) is 5.12. The van der Waals surface area contributed by atoms with Crippen LogP contribution >= 0.6 is 11.8 Å². The van der Waals surface area contributed by atoms with Gasteiger partial charge in [-0.2, -0.15) is 0 Å². The van der Waals surface area contributed by atoms with Crippen molar-refractivity contribution in [2.45, 2.75) is 31.3 Å². The number of thioether (sulfide) groups is 1. The molecule has 16 heavy (non-hydrogen) atoms. The molecule has 0 atom stereocenters. The first-order valence-electron chi connectivity index (χ1n) is 5.31. The minimum Gasteiger partial charge on any atom is -0.369 e. The molecule has 0 spiro atoms. The summed E-state index contributed by atoms with van der Waals surface area (Å²) in [4.78, 5) is 11.7. The van der Waals surface area contributed by atoms with E-state index < -0.39 is 0 Å². The van der Waals surface area contributed by atoms with E-state index in [-0.39, 0.29) is 5.91 Å². The molecule has 1 amide bonds. The summed E-state index contributed by atoms with van der Waals surface area (Å²) in [5.74, 6) is 0.0550. The highest BCUT2D eigenvalue weighted by Gasteiger charge is 1.99. The predicted octanol–water partition coefficient (Wildman–Crippen LogP) is 1.76. The molecule has 0 radical (unpaired) electrons. The maximum atomic E-state index is 10.6. The first-order valence-corrected chi connectivity index (χ1v) is 6.30. The minimum atomic E-state index is -0.282. The molecule has 3 nitrogen and oxygen atoms in total. The van der Waals surface area contributed by atoms with E-state index in [4.69, 9.17) is 5.73 Å². The van der Waals surface area contributed by atoms with Gasteiger partial charge in [0.15, 0.2) is 0 Å². The number of hydrogen-bond donors (Lipinski definition) is 2. The molecule has 0 aliphatic heterocycles. The van der Waals surface area contributed by atoms with Crippen LogP contribution in [0.2, 0.25) is 0 Å². The molecule has 88 valence electrons. The van der Waals surface area contributed by atoms with Gasteiger partial charge in [0, 0.05) is 17.5 Å². The number of carbonyl (C=O) groups excluding carboxylic acids is 1. The Kier molecular flexibility index (Phi) is 5.35. The highest BCUT2D eigenvalue weighted by atomic mass is 32.2. The number of hydrogen-bond acceptors (Lipinski definition) is 3. The number of primary amides is 1. The van der Waals surface area contributed by atoms with E-state index in [0.29, 0.717) is 11.8 Å². The Balaban J connectivity index is 2.44. The number of carbonyl (C=O) groups is 1. The Hall–Kier alpha value is -1.00. The van der Waals surface area contributed by atoms with Gasteiger partial charge in [0.25, 0.3) is 0 Å². The van der Waals surface area contributed by atoms with E-state index in [2.05, 4.69) is 31.3 Å². The molecule has 3 N–H and O–H groups in total. The molecule has 0 unspecified atom stereocenters. The van der Waals surface area contributed by atoms with Gasteiger partial charge in [-0.3, -0.25) is 4.79 Å².